The summed E-state index contributed by atoms with van der Waals surface area (Å²) in [5, 5.41) is 0. The van der Waals surface area contributed by atoms with Crippen molar-refractivity contribution in [3.63, 3.8) is 0 Å². The molecule has 0 saturated heterocycles. The standard InChI is InChI=1S/5BH4.5Na/h5*1H4;;;;;/q5*-1;5*+1. The van der Waals surface area contributed by atoms with Crippen LogP contribution in [0, 0.1) is 0 Å². The van der Waals surface area contributed by atoms with E-state index in [0.717, 1.165) is 0 Å². The summed E-state index contributed by atoms with van der Waals surface area (Å²) in [6, 6.07) is 0. The van der Waals surface area contributed by atoms with Gasteiger partial charge in [0.15, 0.2) is 0 Å². The average molecular weight is 189 g/mol. The molecule has 10 heavy (non-hydrogen) atoms. The number of hydrogen-bond acceptors (Lipinski definition) is 0. The van der Waals surface area contributed by atoms with E-state index < -0.39 is 0 Å². The average Bonchev–Trinajstić information content (AvgIpc) is 0. The minimum absolute atomic E-state index is 0. The molecule has 0 spiro atoms. The van der Waals surface area contributed by atoms with E-state index in [1.54, 1.807) is 0 Å². The van der Waals surface area contributed by atoms with Crippen molar-refractivity contribution in [2.75, 3.05) is 0 Å². The summed E-state index contributed by atoms with van der Waals surface area (Å²) in [6.07, 6.45) is 0. The Hall–Kier alpha value is 5.32. The summed E-state index contributed by atoms with van der Waals surface area (Å²) in [5.74, 6) is 0. The van der Waals surface area contributed by atoms with Crippen LogP contribution in [0.5, 0.6) is 0 Å². The Bertz CT molecular complexity index is 10.0. The molecule has 0 atom stereocenters. The molecular formula is H20B5Na5. The van der Waals surface area contributed by atoms with Crippen molar-refractivity contribution in [1.29, 1.82) is 0 Å². The van der Waals surface area contributed by atoms with E-state index in [0.29, 0.717) is 0 Å². The Balaban J connectivity index is 0. The largest absolute Gasteiger partial charge is 1.00 e. The summed E-state index contributed by atoms with van der Waals surface area (Å²) >= 11 is 0. The van der Waals surface area contributed by atoms with Crippen LogP contribution in [0.25, 0.3) is 0 Å². The Kier molecular flexibility index (Phi) is 995. The third-order valence-electron chi connectivity index (χ3n) is 0. The molecule has 40 valence electrons. The maximum absolute atomic E-state index is 0. The van der Waals surface area contributed by atoms with Crippen molar-refractivity contribution >= 4 is 42.1 Å². The summed E-state index contributed by atoms with van der Waals surface area (Å²) < 4.78 is 0. The van der Waals surface area contributed by atoms with Crippen molar-refractivity contribution in [2.24, 2.45) is 0 Å². The van der Waals surface area contributed by atoms with Crippen LogP contribution >= 0.6 is 0 Å². The van der Waals surface area contributed by atoms with Crippen LogP contribution in [0.3, 0.4) is 0 Å². The molecule has 0 radical (unpaired) electrons. The van der Waals surface area contributed by atoms with E-state index in [2.05, 4.69) is 0 Å². The quantitative estimate of drug-likeness (QED) is 0.332. The molecule has 0 heterocycles. The van der Waals surface area contributed by atoms with Crippen molar-refractivity contribution in [2.45, 2.75) is 0 Å². The Morgan fingerprint density at radius 1 is 0.200 bits per heavy atom. The predicted octanol–water partition coefficient (Wildman–Crippen LogP) is -22.2. The zero-order valence-electron chi connectivity index (χ0n) is 5.00. The topological polar surface area (TPSA) is 0 Å². The fourth-order valence-electron chi connectivity index (χ4n) is 0. The number of hydrogen-bond donors (Lipinski definition) is 0. The van der Waals surface area contributed by atoms with E-state index in [-0.39, 0.29) is 190 Å². The van der Waals surface area contributed by atoms with E-state index in [4.69, 9.17) is 0 Å². The first-order valence-electron chi connectivity index (χ1n) is 0. The molecule has 0 bridgehead atoms. The monoisotopic (exact) mass is 190 g/mol. The van der Waals surface area contributed by atoms with Crippen molar-refractivity contribution in [3.05, 3.63) is 0 Å². The molecule has 0 aliphatic carbocycles. The second-order valence-corrected chi connectivity index (χ2v) is 0. The van der Waals surface area contributed by atoms with Crippen LogP contribution in [-0.4, -0.2) is 42.1 Å². The summed E-state index contributed by atoms with van der Waals surface area (Å²) in [5.41, 5.74) is 0. The SMILES string of the molecule is [BH4-].[BH4-].[BH4-].[BH4-].[BH4-].[Na+].[Na+].[Na+].[Na+].[Na+]. The molecule has 0 aromatic rings. The van der Waals surface area contributed by atoms with Crippen LogP contribution in [-0.2, 0) is 0 Å². The van der Waals surface area contributed by atoms with Gasteiger partial charge < -0.3 is 0 Å². The van der Waals surface area contributed by atoms with E-state index in [1.165, 1.54) is 0 Å². The molecule has 10 heteroatoms. The van der Waals surface area contributed by atoms with Crippen LogP contribution < -0.4 is 148 Å². The van der Waals surface area contributed by atoms with Gasteiger partial charge in [0.05, 0.1) is 0 Å². The van der Waals surface area contributed by atoms with Gasteiger partial charge in [-0.15, -0.1) is 0 Å². The molecule has 0 aromatic heterocycles. The van der Waals surface area contributed by atoms with Gasteiger partial charge in [0.2, 0.25) is 0 Å². The van der Waals surface area contributed by atoms with Gasteiger partial charge in [-0.05, 0) is 0 Å². The zero-order valence-corrected chi connectivity index (χ0v) is 15.0. The maximum atomic E-state index is 0. The first-order valence-corrected chi connectivity index (χ1v) is 0. The third kappa shape index (κ3) is 71.4. The van der Waals surface area contributed by atoms with Crippen molar-refractivity contribution in [3.8, 4) is 0 Å². The van der Waals surface area contributed by atoms with Crippen LogP contribution in [0.1, 0.15) is 0 Å². The van der Waals surface area contributed by atoms with Crippen LogP contribution in [0.2, 0.25) is 0 Å². The molecule has 0 nitrogen and oxygen atoms in total. The van der Waals surface area contributed by atoms with E-state index in [1.807, 2.05) is 0 Å². The van der Waals surface area contributed by atoms with Crippen LogP contribution in [0.15, 0.2) is 0 Å². The summed E-state index contributed by atoms with van der Waals surface area (Å²) in [7, 11) is 0. The van der Waals surface area contributed by atoms with Gasteiger partial charge in [-0.25, -0.2) is 0 Å². The van der Waals surface area contributed by atoms with Gasteiger partial charge in [-0.1, -0.05) is 42.1 Å². The molecule has 0 fully saturated rings. The molecule has 0 amide bonds. The van der Waals surface area contributed by atoms with Gasteiger partial charge in [0.1, 0.15) is 0 Å². The first-order chi connectivity index (χ1) is 0. The minimum atomic E-state index is 0. The van der Waals surface area contributed by atoms with Gasteiger partial charge in [0.25, 0.3) is 0 Å². The normalized spacial score (nSPS) is 0. The van der Waals surface area contributed by atoms with Crippen molar-refractivity contribution in [1.82, 2.24) is 0 Å². The van der Waals surface area contributed by atoms with E-state index in [9.17, 15) is 0 Å². The predicted molar refractivity (Wildman–Crippen MR) is 56.7 cm³/mol. The zero-order chi connectivity index (χ0) is 0. The molecule has 0 N–H and O–H groups in total. The molecule has 0 aliphatic heterocycles. The first kappa shape index (κ1) is 111. The van der Waals surface area contributed by atoms with Gasteiger partial charge in [-0.3, -0.25) is 0 Å². The maximum Gasteiger partial charge on any atom is 1.00 e. The second kappa shape index (κ2) is 89.7. The van der Waals surface area contributed by atoms with Crippen molar-refractivity contribution < 1.29 is 148 Å². The Morgan fingerprint density at radius 2 is 0.200 bits per heavy atom. The van der Waals surface area contributed by atoms with E-state index >= 15 is 0 Å². The van der Waals surface area contributed by atoms with Crippen LogP contribution in [0.4, 0.5) is 0 Å². The fourth-order valence-corrected chi connectivity index (χ4v) is 0. The second-order valence-electron chi connectivity index (χ2n) is 0. The smallest absolute Gasteiger partial charge is 0.0626 e. The molecule has 0 unspecified atom stereocenters. The molecule has 0 rings (SSSR count). The minimum Gasteiger partial charge on any atom is -0.0626 e. The molecule has 0 aromatic carbocycles. The summed E-state index contributed by atoms with van der Waals surface area (Å²) in [6.45, 7) is 0. The number of rotatable bonds is 0. The van der Waals surface area contributed by atoms with Gasteiger partial charge >= 0.3 is 148 Å². The van der Waals surface area contributed by atoms with Gasteiger partial charge in [-0.2, -0.15) is 0 Å². The molecule has 0 saturated carbocycles. The molecule has 0 aliphatic rings. The molecular weight excluding hydrogens is 169 g/mol. The Morgan fingerprint density at radius 3 is 0.200 bits per heavy atom. The summed E-state index contributed by atoms with van der Waals surface area (Å²) in [4.78, 5) is 0. The Labute approximate surface area is 185 Å². The third-order valence-corrected chi connectivity index (χ3v) is 0. The van der Waals surface area contributed by atoms with Gasteiger partial charge in [0, 0.05) is 0 Å². The fraction of sp³-hybridized carbons (Fsp3) is 0.